The average molecular weight is 415 g/mol. The van der Waals surface area contributed by atoms with Gasteiger partial charge in [-0.3, -0.25) is 9.59 Å². The second-order valence-corrected chi connectivity index (χ2v) is 6.92. The van der Waals surface area contributed by atoms with E-state index in [9.17, 15) is 14.0 Å². The van der Waals surface area contributed by atoms with Crippen LogP contribution in [0.5, 0.6) is 0 Å². The summed E-state index contributed by atoms with van der Waals surface area (Å²) in [5.74, 6) is -0.517. The number of rotatable bonds is 8. The number of benzene rings is 2. The molecule has 1 amide bonds. The summed E-state index contributed by atoms with van der Waals surface area (Å²) in [5.41, 5.74) is 1.41. The molecule has 1 heterocycles. The highest BCUT2D eigenvalue weighted by molar-refractivity contribution is 6.31. The molecule has 0 aliphatic carbocycles. The molecule has 0 atom stereocenters. The third kappa shape index (κ3) is 5.96. The number of carbonyl (C=O) groups is 1. The van der Waals surface area contributed by atoms with Crippen molar-refractivity contribution in [3.8, 4) is 11.4 Å². The van der Waals surface area contributed by atoms with Crippen LogP contribution in [0.1, 0.15) is 24.1 Å². The Kier molecular flexibility index (Phi) is 7.08. The van der Waals surface area contributed by atoms with E-state index in [4.69, 9.17) is 11.6 Å². The van der Waals surface area contributed by atoms with Crippen LogP contribution in [-0.2, 0) is 17.6 Å². The second-order valence-electron chi connectivity index (χ2n) is 6.52. The number of nitrogens with one attached hydrogen (secondary N) is 2. The first kappa shape index (κ1) is 20.7. The van der Waals surface area contributed by atoms with E-state index in [0.717, 1.165) is 12.8 Å². The molecule has 3 aromatic rings. The SMILES string of the molecule is O=C(CCc1nnc(-c2ccc(F)c(Cl)c2)[nH]c1=O)NCCCc1ccccc1. The standard InChI is InChI=1S/C21H20ClFN4O2/c22-16-13-15(8-9-17(16)23)20-25-21(29)18(26-27-20)10-11-19(28)24-12-4-7-14-5-2-1-3-6-14/h1-3,5-6,8-9,13H,4,7,10-12H2,(H,24,28)(H,25,27,29). The van der Waals surface area contributed by atoms with Gasteiger partial charge in [-0.1, -0.05) is 41.9 Å². The molecule has 0 fully saturated rings. The molecule has 0 saturated heterocycles. The van der Waals surface area contributed by atoms with E-state index in [1.807, 2.05) is 18.2 Å². The van der Waals surface area contributed by atoms with Crippen molar-refractivity contribution < 1.29 is 9.18 Å². The van der Waals surface area contributed by atoms with Gasteiger partial charge in [0, 0.05) is 24.9 Å². The number of H-pyrrole nitrogens is 1. The minimum Gasteiger partial charge on any atom is -0.356 e. The number of aromatic nitrogens is 3. The number of aryl methyl sites for hydroxylation is 2. The van der Waals surface area contributed by atoms with Crippen LogP contribution in [0.4, 0.5) is 4.39 Å². The minimum atomic E-state index is -0.558. The van der Waals surface area contributed by atoms with Gasteiger partial charge >= 0.3 is 0 Å². The van der Waals surface area contributed by atoms with E-state index in [1.165, 1.54) is 23.8 Å². The Bertz CT molecular complexity index is 1040. The van der Waals surface area contributed by atoms with Crippen LogP contribution in [-0.4, -0.2) is 27.6 Å². The molecule has 6 nitrogen and oxygen atoms in total. The number of amides is 1. The van der Waals surface area contributed by atoms with Crippen molar-refractivity contribution in [2.45, 2.75) is 25.7 Å². The van der Waals surface area contributed by atoms with E-state index in [-0.39, 0.29) is 35.3 Å². The molecule has 0 unspecified atom stereocenters. The zero-order chi connectivity index (χ0) is 20.6. The summed E-state index contributed by atoms with van der Waals surface area (Å²) < 4.78 is 13.3. The summed E-state index contributed by atoms with van der Waals surface area (Å²) in [4.78, 5) is 26.8. The number of hydrogen-bond acceptors (Lipinski definition) is 4. The first-order valence-electron chi connectivity index (χ1n) is 9.25. The van der Waals surface area contributed by atoms with Gasteiger partial charge in [-0.2, -0.15) is 0 Å². The zero-order valence-corrected chi connectivity index (χ0v) is 16.4. The second kappa shape index (κ2) is 9.93. The normalized spacial score (nSPS) is 10.7. The Balaban J connectivity index is 1.48. The molecule has 1 aromatic heterocycles. The number of hydrogen-bond donors (Lipinski definition) is 2. The van der Waals surface area contributed by atoms with Gasteiger partial charge in [-0.15, -0.1) is 10.2 Å². The van der Waals surface area contributed by atoms with Gasteiger partial charge in [-0.05, 0) is 36.6 Å². The maximum atomic E-state index is 13.3. The lowest BCUT2D eigenvalue weighted by Crippen LogP contribution is -2.26. The van der Waals surface area contributed by atoms with E-state index >= 15 is 0 Å². The predicted molar refractivity (Wildman–Crippen MR) is 109 cm³/mol. The summed E-state index contributed by atoms with van der Waals surface area (Å²) in [6.07, 6.45) is 2.05. The quantitative estimate of drug-likeness (QED) is 0.553. The van der Waals surface area contributed by atoms with E-state index < -0.39 is 11.4 Å². The first-order chi connectivity index (χ1) is 14.0. The van der Waals surface area contributed by atoms with Crippen LogP contribution in [0, 0.1) is 5.82 Å². The van der Waals surface area contributed by atoms with Gasteiger partial charge in [0.1, 0.15) is 11.5 Å². The Morgan fingerprint density at radius 2 is 1.90 bits per heavy atom. The highest BCUT2D eigenvalue weighted by atomic mass is 35.5. The third-order valence-electron chi connectivity index (χ3n) is 4.35. The molecule has 0 aliphatic heterocycles. The molecule has 0 bridgehead atoms. The van der Waals surface area contributed by atoms with Crippen molar-refractivity contribution in [2.75, 3.05) is 6.54 Å². The zero-order valence-electron chi connectivity index (χ0n) is 15.6. The Hall–Kier alpha value is -3.06. The van der Waals surface area contributed by atoms with Crippen LogP contribution < -0.4 is 10.9 Å². The van der Waals surface area contributed by atoms with E-state index in [1.54, 1.807) is 0 Å². The number of halogens is 2. The van der Waals surface area contributed by atoms with Crippen LogP contribution in [0.2, 0.25) is 5.02 Å². The van der Waals surface area contributed by atoms with Crippen LogP contribution in [0.3, 0.4) is 0 Å². The van der Waals surface area contributed by atoms with Gasteiger partial charge in [0.05, 0.1) is 5.02 Å². The van der Waals surface area contributed by atoms with Crippen molar-refractivity contribution in [1.82, 2.24) is 20.5 Å². The van der Waals surface area contributed by atoms with E-state index in [2.05, 4.69) is 32.6 Å². The van der Waals surface area contributed by atoms with Gasteiger partial charge in [0.2, 0.25) is 5.91 Å². The smallest absolute Gasteiger partial charge is 0.273 e. The lowest BCUT2D eigenvalue weighted by atomic mass is 10.1. The van der Waals surface area contributed by atoms with Gasteiger partial charge in [-0.25, -0.2) is 4.39 Å². The van der Waals surface area contributed by atoms with Crippen LogP contribution in [0.25, 0.3) is 11.4 Å². The lowest BCUT2D eigenvalue weighted by Gasteiger charge is -2.06. The summed E-state index contributed by atoms with van der Waals surface area (Å²) in [6, 6.07) is 14.0. The van der Waals surface area contributed by atoms with Crippen molar-refractivity contribution in [2.24, 2.45) is 0 Å². The molecule has 0 aliphatic rings. The molecule has 8 heteroatoms. The monoisotopic (exact) mass is 414 g/mol. The molecular weight excluding hydrogens is 395 g/mol. The number of nitrogens with zero attached hydrogens (tertiary/aromatic N) is 2. The summed E-state index contributed by atoms with van der Waals surface area (Å²) in [5, 5.41) is 10.6. The number of aromatic amines is 1. The Morgan fingerprint density at radius 1 is 1.10 bits per heavy atom. The minimum absolute atomic E-state index is 0.0711. The van der Waals surface area contributed by atoms with Crippen molar-refractivity contribution in [3.63, 3.8) is 0 Å². The van der Waals surface area contributed by atoms with Gasteiger partial charge in [0.25, 0.3) is 5.56 Å². The molecule has 0 radical (unpaired) electrons. The Morgan fingerprint density at radius 3 is 2.62 bits per heavy atom. The highest BCUT2D eigenvalue weighted by Crippen LogP contribution is 2.21. The van der Waals surface area contributed by atoms with Crippen LogP contribution in [0.15, 0.2) is 53.3 Å². The Labute approximate surface area is 172 Å². The molecular formula is C21H20ClFN4O2. The molecule has 0 spiro atoms. The summed E-state index contributed by atoms with van der Waals surface area (Å²) in [6.45, 7) is 0.569. The topological polar surface area (TPSA) is 87.7 Å². The van der Waals surface area contributed by atoms with Crippen LogP contribution >= 0.6 is 11.6 Å². The van der Waals surface area contributed by atoms with Crippen molar-refractivity contribution in [3.05, 3.63) is 81.0 Å². The summed E-state index contributed by atoms with van der Waals surface area (Å²) in [7, 11) is 0. The molecule has 29 heavy (non-hydrogen) atoms. The molecule has 0 saturated carbocycles. The highest BCUT2D eigenvalue weighted by Gasteiger charge is 2.10. The predicted octanol–water partition coefficient (Wildman–Crippen LogP) is 3.31. The number of carbonyl (C=O) groups excluding carboxylic acids is 1. The fraction of sp³-hybridized carbons (Fsp3) is 0.238. The van der Waals surface area contributed by atoms with Crippen molar-refractivity contribution in [1.29, 1.82) is 0 Å². The fourth-order valence-corrected chi connectivity index (χ4v) is 2.96. The summed E-state index contributed by atoms with van der Waals surface area (Å²) >= 11 is 5.75. The lowest BCUT2D eigenvalue weighted by molar-refractivity contribution is -0.121. The van der Waals surface area contributed by atoms with Crippen molar-refractivity contribution >= 4 is 17.5 Å². The fourth-order valence-electron chi connectivity index (χ4n) is 2.78. The maximum Gasteiger partial charge on any atom is 0.273 e. The average Bonchev–Trinajstić information content (AvgIpc) is 2.73. The first-order valence-corrected chi connectivity index (χ1v) is 9.62. The van der Waals surface area contributed by atoms with Gasteiger partial charge in [0.15, 0.2) is 5.82 Å². The largest absolute Gasteiger partial charge is 0.356 e. The molecule has 2 N–H and O–H groups in total. The maximum absolute atomic E-state index is 13.3. The molecule has 3 rings (SSSR count). The third-order valence-corrected chi connectivity index (χ3v) is 4.64. The molecule has 150 valence electrons. The van der Waals surface area contributed by atoms with Gasteiger partial charge < -0.3 is 10.3 Å². The van der Waals surface area contributed by atoms with E-state index in [0.29, 0.717) is 12.1 Å². The molecule has 2 aromatic carbocycles.